The van der Waals surface area contributed by atoms with Gasteiger partial charge >= 0.3 is 0 Å². The molecule has 1 fully saturated rings. The van der Waals surface area contributed by atoms with Crippen molar-refractivity contribution in [3.05, 3.63) is 64.5 Å². The van der Waals surface area contributed by atoms with Gasteiger partial charge in [-0.3, -0.25) is 0 Å². The van der Waals surface area contributed by atoms with Gasteiger partial charge in [-0.25, -0.2) is 14.4 Å². The van der Waals surface area contributed by atoms with E-state index in [1.807, 2.05) is 23.6 Å². The van der Waals surface area contributed by atoms with Crippen molar-refractivity contribution in [1.29, 1.82) is 0 Å². The van der Waals surface area contributed by atoms with E-state index in [0.717, 1.165) is 42.3 Å². The van der Waals surface area contributed by atoms with E-state index in [1.165, 1.54) is 17.4 Å². The Hall–Kier alpha value is -2.62. The number of hydrogen-bond donors (Lipinski definition) is 1. The van der Waals surface area contributed by atoms with Crippen LogP contribution in [0.2, 0.25) is 5.02 Å². The summed E-state index contributed by atoms with van der Waals surface area (Å²) in [5.41, 5.74) is 0.661. The molecule has 0 saturated heterocycles. The molecule has 0 amide bonds. The topological polar surface area (TPSA) is 47.0 Å². The van der Waals surface area contributed by atoms with Crippen molar-refractivity contribution in [3.8, 4) is 18.1 Å². The van der Waals surface area contributed by atoms with Crippen LogP contribution in [0, 0.1) is 23.6 Å². The first-order valence-electron chi connectivity index (χ1n) is 9.78. The molecule has 0 bridgehead atoms. The highest BCUT2D eigenvalue weighted by atomic mass is 35.5. The lowest BCUT2D eigenvalue weighted by Gasteiger charge is -2.36. The van der Waals surface area contributed by atoms with E-state index in [1.54, 1.807) is 18.3 Å². The normalized spacial score (nSPS) is 21.0. The summed E-state index contributed by atoms with van der Waals surface area (Å²) in [6.45, 7) is 0. The largest absolute Gasteiger partial charge is 0.487 e. The smallest absolute Gasteiger partial charge is 0.188 e. The zero-order valence-corrected chi connectivity index (χ0v) is 17.8. The SMILES string of the molecule is C#CC1(Cc2cccc(Nc3nccs3)n2)CCC(Oc2cccc(Cl)c2F)CC1. The molecular weight excluding hydrogens is 421 g/mol. The molecule has 0 radical (unpaired) electrons. The zero-order valence-electron chi connectivity index (χ0n) is 16.3. The van der Waals surface area contributed by atoms with Crippen LogP contribution in [0.3, 0.4) is 0 Å². The van der Waals surface area contributed by atoms with E-state index in [2.05, 4.69) is 16.2 Å². The van der Waals surface area contributed by atoms with Gasteiger partial charge in [0.2, 0.25) is 0 Å². The first kappa shape index (κ1) is 20.6. The molecule has 7 heteroatoms. The lowest BCUT2D eigenvalue weighted by molar-refractivity contribution is 0.103. The number of nitrogens with zero attached hydrogens (tertiary/aromatic N) is 2. The van der Waals surface area contributed by atoms with E-state index in [0.29, 0.717) is 6.42 Å². The predicted octanol–water partition coefficient (Wildman–Crippen LogP) is 6.26. The van der Waals surface area contributed by atoms with Crippen molar-refractivity contribution in [2.45, 2.75) is 38.2 Å². The lowest BCUT2D eigenvalue weighted by Crippen LogP contribution is -2.33. The van der Waals surface area contributed by atoms with Crippen LogP contribution in [0.4, 0.5) is 15.3 Å². The number of aromatic nitrogens is 2. The minimum atomic E-state index is -0.512. The van der Waals surface area contributed by atoms with E-state index in [-0.39, 0.29) is 22.3 Å². The summed E-state index contributed by atoms with van der Waals surface area (Å²) >= 11 is 7.37. The van der Waals surface area contributed by atoms with Crippen LogP contribution in [0.25, 0.3) is 0 Å². The van der Waals surface area contributed by atoms with Gasteiger partial charge < -0.3 is 10.1 Å². The van der Waals surface area contributed by atoms with E-state index >= 15 is 0 Å². The summed E-state index contributed by atoms with van der Waals surface area (Å²) in [5.74, 6) is 3.45. The molecule has 30 heavy (non-hydrogen) atoms. The molecular formula is C23H21ClFN3OS. The van der Waals surface area contributed by atoms with Crippen molar-refractivity contribution in [2.24, 2.45) is 5.41 Å². The Bertz CT molecular complexity index is 1040. The second kappa shape index (κ2) is 9.03. The maximum Gasteiger partial charge on any atom is 0.188 e. The molecule has 154 valence electrons. The number of rotatable bonds is 6. The van der Waals surface area contributed by atoms with Crippen molar-refractivity contribution in [1.82, 2.24) is 9.97 Å². The molecule has 0 aliphatic heterocycles. The highest BCUT2D eigenvalue weighted by molar-refractivity contribution is 7.13. The van der Waals surface area contributed by atoms with E-state index in [4.69, 9.17) is 27.7 Å². The molecule has 1 aliphatic rings. The molecule has 1 saturated carbocycles. The second-order valence-corrected chi connectivity index (χ2v) is 8.75. The Kier molecular flexibility index (Phi) is 6.21. The van der Waals surface area contributed by atoms with Crippen molar-refractivity contribution in [3.63, 3.8) is 0 Å². The number of benzene rings is 1. The third kappa shape index (κ3) is 4.75. The quantitative estimate of drug-likeness (QED) is 0.459. The predicted molar refractivity (Wildman–Crippen MR) is 119 cm³/mol. The van der Waals surface area contributed by atoms with Gasteiger partial charge in [0.15, 0.2) is 16.7 Å². The molecule has 0 atom stereocenters. The summed E-state index contributed by atoms with van der Waals surface area (Å²) in [4.78, 5) is 8.93. The number of nitrogens with one attached hydrogen (secondary N) is 1. The maximum atomic E-state index is 14.1. The molecule has 1 aromatic carbocycles. The fraction of sp³-hybridized carbons (Fsp3) is 0.304. The maximum absolute atomic E-state index is 14.1. The van der Waals surface area contributed by atoms with Crippen molar-refractivity contribution in [2.75, 3.05) is 5.32 Å². The Labute approximate surface area is 184 Å². The van der Waals surface area contributed by atoms with Gasteiger partial charge in [-0.05, 0) is 49.9 Å². The van der Waals surface area contributed by atoms with Crippen LogP contribution >= 0.6 is 22.9 Å². The first-order valence-corrected chi connectivity index (χ1v) is 11.0. The van der Waals surface area contributed by atoms with Gasteiger partial charge in [0.1, 0.15) is 5.82 Å². The Balaban J connectivity index is 1.40. The van der Waals surface area contributed by atoms with Gasteiger partial charge in [0.25, 0.3) is 0 Å². The molecule has 4 nitrogen and oxygen atoms in total. The average Bonchev–Trinajstić information content (AvgIpc) is 3.26. The van der Waals surface area contributed by atoms with Crippen LogP contribution in [0.1, 0.15) is 31.4 Å². The number of pyridine rings is 1. The lowest BCUT2D eigenvalue weighted by atomic mass is 9.71. The van der Waals surface area contributed by atoms with Gasteiger partial charge in [0, 0.05) is 29.1 Å². The number of anilines is 2. The van der Waals surface area contributed by atoms with Crippen molar-refractivity contribution < 1.29 is 9.13 Å². The minimum absolute atomic E-state index is 0.0681. The Morgan fingerprint density at radius 3 is 2.80 bits per heavy atom. The van der Waals surface area contributed by atoms with Crippen molar-refractivity contribution >= 4 is 33.9 Å². The summed E-state index contributed by atoms with van der Waals surface area (Å²) in [7, 11) is 0. The van der Waals surface area contributed by atoms with Crippen LogP contribution in [-0.4, -0.2) is 16.1 Å². The monoisotopic (exact) mass is 441 g/mol. The van der Waals surface area contributed by atoms with Crippen LogP contribution in [-0.2, 0) is 6.42 Å². The zero-order chi connectivity index (χ0) is 21.0. The summed E-state index contributed by atoms with van der Waals surface area (Å²) in [5, 5.41) is 6.00. The Morgan fingerprint density at radius 2 is 2.07 bits per heavy atom. The van der Waals surface area contributed by atoms with E-state index < -0.39 is 5.82 Å². The molecule has 4 rings (SSSR count). The number of ether oxygens (including phenoxy) is 1. The van der Waals surface area contributed by atoms with E-state index in [9.17, 15) is 4.39 Å². The number of hydrogen-bond acceptors (Lipinski definition) is 5. The molecule has 2 heterocycles. The van der Waals surface area contributed by atoms with Crippen LogP contribution in [0.15, 0.2) is 48.0 Å². The molecule has 2 aromatic heterocycles. The fourth-order valence-corrected chi connectivity index (χ4v) is 4.48. The van der Waals surface area contributed by atoms with Crippen LogP contribution < -0.4 is 10.1 Å². The third-order valence-electron chi connectivity index (χ3n) is 5.40. The minimum Gasteiger partial charge on any atom is -0.487 e. The van der Waals surface area contributed by atoms with Gasteiger partial charge in [-0.1, -0.05) is 29.7 Å². The summed E-state index contributed by atoms with van der Waals surface area (Å²) in [6, 6.07) is 10.7. The standard InChI is InChI=1S/C23H21ClFN3OS/c1-2-23(15-16-5-3-8-20(27-16)28-22-26-13-14-30-22)11-9-17(10-12-23)29-19-7-4-6-18(24)21(19)25/h1,3-8,13-14,17H,9-12,15H2,(H,26,27,28). The molecule has 0 spiro atoms. The number of terminal acetylenes is 1. The summed E-state index contributed by atoms with van der Waals surface area (Å²) in [6.07, 6.45) is 11.4. The third-order valence-corrected chi connectivity index (χ3v) is 6.38. The first-order chi connectivity index (χ1) is 14.6. The van der Waals surface area contributed by atoms with Gasteiger partial charge in [-0.2, -0.15) is 0 Å². The molecule has 3 aromatic rings. The molecule has 0 unspecified atom stereocenters. The number of thiazole rings is 1. The molecule has 1 aliphatic carbocycles. The highest BCUT2D eigenvalue weighted by Gasteiger charge is 2.35. The molecule has 1 N–H and O–H groups in total. The van der Waals surface area contributed by atoms with Gasteiger partial charge in [-0.15, -0.1) is 17.8 Å². The van der Waals surface area contributed by atoms with Gasteiger partial charge in [0.05, 0.1) is 11.1 Å². The highest BCUT2D eigenvalue weighted by Crippen LogP contribution is 2.40. The summed E-state index contributed by atoms with van der Waals surface area (Å²) < 4.78 is 20.0. The fourth-order valence-electron chi connectivity index (χ4n) is 3.78. The Morgan fingerprint density at radius 1 is 1.27 bits per heavy atom. The number of halogens is 2. The average molecular weight is 442 g/mol. The second-order valence-electron chi connectivity index (χ2n) is 7.45. The van der Waals surface area contributed by atoms with Crippen LogP contribution in [0.5, 0.6) is 5.75 Å².